The Balaban J connectivity index is 2.51. The van der Waals surface area contributed by atoms with Gasteiger partial charge in [0.1, 0.15) is 0 Å². The van der Waals surface area contributed by atoms with E-state index in [1.54, 1.807) is 14.2 Å². The summed E-state index contributed by atoms with van der Waals surface area (Å²) < 4.78 is 10.7. The molecule has 0 bridgehead atoms. The Kier molecular flexibility index (Phi) is 6.54. The van der Waals surface area contributed by atoms with E-state index < -0.39 is 0 Å². The average Bonchev–Trinajstić information content (AvgIpc) is 2.42. The second-order valence-electron chi connectivity index (χ2n) is 4.23. The molecule has 0 spiro atoms. The van der Waals surface area contributed by atoms with Crippen molar-refractivity contribution >= 4 is 0 Å². The fourth-order valence-corrected chi connectivity index (χ4v) is 1.74. The summed E-state index contributed by atoms with van der Waals surface area (Å²) in [5.74, 6) is 1.60. The molecule has 4 heteroatoms. The molecule has 0 aromatic heterocycles. The lowest BCUT2D eigenvalue weighted by atomic mass is 10.2. The van der Waals surface area contributed by atoms with Gasteiger partial charge in [-0.3, -0.25) is 0 Å². The fourth-order valence-electron chi connectivity index (χ4n) is 1.74. The van der Waals surface area contributed by atoms with E-state index in [1.807, 2.05) is 12.1 Å². The molecule has 0 radical (unpaired) electrons. The third-order valence-corrected chi connectivity index (χ3v) is 3.01. The Morgan fingerprint density at radius 3 is 2.61 bits per heavy atom. The van der Waals surface area contributed by atoms with Gasteiger partial charge < -0.3 is 19.7 Å². The molecular formula is C14H24N2O2. The highest BCUT2D eigenvalue weighted by Gasteiger charge is 2.08. The monoisotopic (exact) mass is 252 g/mol. The molecule has 18 heavy (non-hydrogen) atoms. The Labute approximate surface area is 110 Å². The zero-order valence-electron chi connectivity index (χ0n) is 11.8. The zero-order chi connectivity index (χ0) is 13.4. The van der Waals surface area contributed by atoms with Gasteiger partial charge in [0.15, 0.2) is 11.5 Å². The number of para-hydroxylation sites is 1. The van der Waals surface area contributed by atoms with Crippen molar-refractivity contribution < 1.29 is 9.47 Å². The van der Waals surface area contributed by atoms with Crippen molar-refractivity contribution in [3.63, 3.8) is 0 Å². The maximum absolute atomic E-state index is 5.39. The summed E-state index contributed by atoms with van der Waals surface area (Å²) in [5, 5.41) is 3.42. The number of hydrogen-bond donors (Lipinski definition) is 1. The van der Waals surface area contributed by atoms with E-state index in [9.17, 15) is 0 Å². The highest BCUT2D eigenvalue weighted by atomic mass is 16.5. The lowest BCUT2D eigenvalue weighted by Gasteiger charge is -2.15. The molecule has 0 aliphatic rings. The van der Waals surface area contributed by atoms with E-state index in [2.05, 4.69) is 30.3 Å². The van der Waals surface area contributed by atoms with Crippen molar-refractivity contribution in [1.29, 1.82) is 0 Å². The van der Waals surface area contributed by atoms with Gasteiger partial charge in [0, 0.05) is 25.2 Å². The van der Waals surface area contributed by atoms with Crippen LogP contribution in [0.5, 0.6) is 11.5 Å². The maximum atomic E-state index is 5.39. The molecule has 0 unspecified atom stereocenters. The van der Waals surface area contributed by atoms with Crippen LogP contribution in [0.25, 0.3) is 0 Å². The summed E-state index contributed by atoms with van der Waals surface area (Å²) in [6.45, 7) is 6.03. The standard InChI is InChI=1S/C14H24N2O2/c1-5-16(2)10-9-15-11-12-7-6-8-13(17-3)14(12)18-4/h6-8,15H,5,9-11H2,1-4H3. The predicted molar refractivity (Wildman–Crippen MR) is 74.4 cm³/mol. The number of likely N-dealkylation sites (N-methyl/N-ethyl adjacent to an activating group) is 1. The van der Waals surface area contributed by atoms with E-state index in [4.69, 9.17) is 9.47 Å². The number of nitrogens with one attached hydrogen (secondary N) is 1. The Morgan fingerprint density at radius 1 is 1.22 bits per heavy atom. The minimum atomic E-state index is 0.780. The third-order valence-electron chi connectivity index (χ3n) is 3.01. The molecule has 1 aromatic rings. The Hall–Kier alpha value is -1.26. The van der Waals surface area contributed by atoms with Gasteiger partial charge in [-0.1, -0.05) is 19.1 Å². The molecule has 4 nitrogen and oxygen atoms in total. The normalized spacial score (nSPS) is 10.7. The minimum Gasteiger partial charge on any atom is -0.493 e. The van der Waals surface area contributed by atoms with Crippen molar-refractivity contribution in [3.05, 3.63) is 23.8 Å². The molecule has 1 aromatic carbocycles. The van der Waals surface area contributed by atoms with Crippen LogP contribution in [0.3, 0.4) is 0 Å². The number of ether oxygens (including phenoxy) is 2. The van der Waals surface area contributed by atoms with Crippen molar-refractivity contribution in [3.8, 4) is 11.5 Å². The number of hydrogen-bond acceptors (Lipinski definition) is 4. The SMILES string of the molecule is CCN(C)CCNCc1cccc(OC)c1OC. The molecule has 0 atom stereocenters. The Bertz CT molecular complexity index is 356. The lowest BCUT2D eigenvalue weighted by Crippen LogP contribution is -2.28. The van der Waals surface area contributed by atoms with Gasteiger partial charge in [-0.15, -0.1) is 0 Å². The maximum Gasteiger partial charge on any atom is 0.165 e. The molecule has 1 N–H and O–H groups in total. The van der Waals surface area contributed by atoms with Gasteiger partial charge in [0.25, 0.3) is 0 Å². The van der Waals surface area contributed by atoms with Crippen LogP contribution in [-0.4, -0.2) is 45.8 Å². The van der Waals surface area contributed by atoms with Crippen molar-refractivity contribution in [2.45, 2.75) is 13.5 Å². The summed E-state index contributed by atoms with van der Waals surface area (Å²) in [6, 6.07) is 5.95. The van der Waals surface area contributed by atoms with Gasteiger partial charge in [-0.2, -0.15) is 0 Å². The first-order valence-electron chi connectivity index (χ1n) is 6.32. The van der Waals surface area contributed by atoms with Crippen LogP contribution >= 0.6 is 0 Å². The highest BCUT2D eigenvalue weighted by molar-refractivity contribution is 5.46. The van der Waals surface area contributed by atoms with Crippen LogP contribution in [0.4, 0.5) is 0 Å². The average molecular weight is 252 g/mol. The van der Waals surface area contributed by atoms with Crippen molar-refractivity contribution in [1.82, 2.24) is 10.2 Å². The molecule has 0 saturated heterocycles. The van der Waals surface area contributed by atoms with Gasteiger partial charge in [0.05, 0.1) is 14.2 Å². The van der Waals surface area contributed by atoms with Crippen molar-refractivity contribution in [2.75, 3.05) is 40.9 Å². The van der Waals surface area contributed by atoms with Gasteiger partial charge >= 0.3 is 0 Å². The van der Waals surface area contributed by atoms with Crippen LogP contribution in [-0.2, 0) is 6.54 Å². The van der Waals surface area contributed by atoms with Gasteiger partial charge in [0.2, 0.25) is 0 Å². The van der Waals surface area contributed by atoms with Crippen LogP contribution in [0.1, 0.15) is 12.5 Å². The van der Waals surface area contributed by atoms with Gasteiger partial charge in [-0.05, 0) is 19.7 Å². The van der Waals surface area contributed by atoms with E-state index in [-0.39, 0.29) is 0 Å². The molecule has 0 amide bonds. The first kappa shape index (κ1) is 14.8. The molecule has 0 aliphatic carbocycles. The second-order valence-corrected chi connectivity index (χ2v) is 4.23. The summed E-state index contributed by atoms with van der Waals surface area (Å²) in [4.78, 5) is 2.27. The lowest BCUT2D eigenvalue weighted by molar-refractivity contribution is 0.342. The van der Waals surface area contributed by atoms with Crippen LogP contribution in [0.15, 0.2) is 18.2 Å². The van der Waals surface area contributed by atoms with E-state index in [1.165, 1.54) is 0 Å². The first-order chi connectivity index (χ1) is 8.72. The molecule has 0 heterocycles. The largest absolute Gasteiger partial charge is 0.493 e. The number of nitrogens with zero attached hydrogens (tertiary/aromatic N) is 1. The summed E-state index contributed by atoms with van der Waals surface area (Å²) in [7, 11) is 5.45. The fraction of sp³-hybridized carbons (Fsp3) is 0.571. The molecule has 102 valence electrons. The highest BCUT2D eigenvalue weighted by Crippen LogP contribution is 2.30. The predicted octanol–water partition coefficient (Wildman–Crippen LogP) is 1.75. The Morgan fingerprint density at radius 2 is 2.00 bits per heavy atom. The molecule has 0 aliphatic heterocycles. The van der Waals surface area contributed by atoms with Gasteiger partial charge in [-0.25, -0.2) is 0 Å². The topological polar surface area (TPSA) is 33.7 Å². The smallest absolute Gasteiger partial charge is 0.165 e. The van der Waals surface area contributed by atoms with E-state index >= 15 is 0 Å². The molecule has 0 fully saturated rings. The molecular weight excluding hydrogens is 228 g/mol. The number of benzene rings is 1. The molecule has 1 rings (SSSR count). The van der Waals surface area contributed by atoms with Crippen LogP contribution < -0.4 is 14.8 Å². The first-order valence-corrected chi connectivity index (χ1v) is 6.32. The van der Waals surface area contributed by atoms with Crippen LogP contribution in [0, 0.1) is 0 Å². The third kappa shape index (κ3) is 4.20. The minimum absolute atomic E-state index is 0.780. The number of rotatable bonds is 8. The second kappa shape index (κ2) is 7.95. The molecule has 0 saturated carbocycles. The number of methoxy groups -OCH3 is 2. The quantitative estimate of drug-likeness (QED) is 0.715. The zero-order valence-corrected chi connectivity index (χ0v) is 11.8. The van der Waals surface area contributed by atoms with Crippen molar-refractivity contribution in [2.24, 2.45) is 0 Å². The van der Waals surface area contributed by atoms with E-state index in [0.717, 1.165) is 43.2 Å². The summed E-state index contributed by atoms with van der Waals surface area (Å²) in [5.41, 5.74) is 1.12. The summed E-state index contributed by atoms with van der Waals surface area (Å²) in [6.07, 6.45) is 0. The summed E-state index contributed by atoms with van der Waals surface area (Å²) >= 11 is 0. The van der Waals surface area contributed by atoms with E-state index in [0.29, 0.717) is 0 Å². The van der Waals surface area contributed by atoms with Crippen LogP contribution in [0.2, 0.25) is 0 Å².